The minimum absolute atomic E-state index is 0.114. The van der Waals surface area contributed by atoms with E-state index in [0.29, 0.717) is 6.54 Å². The summed E-state index contributed by atoms with van der Waals surface area (Å²) in [4.78, 5) is 24.3. The van der Waals surface area contributed by atoms with Gasteiger partial charge < -0.3 is 19.5 Å². The molecule has 120 valence electrons. The van der Waals surface area contributed by atoms with Crippen molar-refractivity contribution in [2.75, 3.05) is 19.8 Å². The van der Waals surface area contributed by atoms with Gasteiger partial charge in [0.05, 0.1) is 12.6 Å². The van der Waals surface area contributed by atoms with Crippen LogP contribution in [-0.4, -0.2) is 47.9 Å². The first kappa shape index (κ1) is 16.3. The average Bonchev–Trinajstić information content (AvgIpc) is 2.54. The summed E-state index contributed by atoms with van der Waals surface area (Å²) < 4.78 is 10.5. The Morgan fingerprint density at radius 1 is 1.23 bits per heavy atom. The highest BCUT2D eigenvalue weighted by Crippen LogP contribution is 2.19. The van der Waals surface area contributed by atoms with Gasteiger partial charge in [0.1, 0.15) is 13.2 Å². The number of aliphatic carboxylic acids is 1. The van der Waals surface area contributed by atoms with Crippen molar-refractivity contribution in [3.8, 4) is 0 Å². The zero-order valence-electron chi connectivity index (χ0n) is 12.4. The molecule has 1 aliphatic rings. The van der Waals surface area contributed by atoms with Gasteiger partial charge in [-0.15, -0.1) is 0 Å². The first-order valence-corrected chi connectivity index (χ1v) is 7.43. The third-order valence-corrected chi connectivity index (χ3v) is 3.60. The average molecular weight is 307 g/mol. The largest absolute Gasteiger partial charge is 0.480 e. The van der Waals surface area contributed by atoms with Gasteiger partial charge in [-0.2, -0.15) is 0 Å². The van der Waals surface area contributed by atoms with Crippen LogP contribution >= 0.6 is 0 Å². The second-order valence-electron chi connectivity index (χ2n) is 5.29. The lowest BCUT2D eigenvalue weighted by molar-refractivity contribution is -0.142. The third kappa shape index (κ3) is 5.04. The molecule has 0 aromatic heterocycles. The van der Waals surface area contributed by atoms with Crippen LogP contribution in [0, 0.1) is 0 Å². The van der Waals surface area contributed by atoms with Gasteiger partial charge in [0.15, 0.2) is 0 Å². The van der Waals surface area contributed by atoms with Gasteiger partial charge in [0, 0.05) is 6.54 Å². The van der Waals surface area contributed by atoms with Crippen molar-refractivity contribution in [1.82, 2.24) is 4.90 Å². The number of hydrogen-bond acceptors (Lipinski definition) is 4. The Morgan fingerprint density at radius 2 is 2.00 bits per heavy atom. The predicted molar refractivity (Wildman–Crippen MR) is 79.4 cm³/mol. The second kappa shape index (κ2) is 8.38. The van der Waals surface area contributed by atoms with Crippen molar-refractivity contribution in [3.05, 3.63) is 35.9 Å². The minimum Gasteiger partial charge on any atom is -0.480 e. The molecule has 1 aromatic rings. The summed E-state index contributed by atoms with van der Waals surface area (Å²) in [6, 6.07) is 9.38. The highest BCUT2D eigenvalue weighted by Gasteiger charge is 2.28. The number of nitrogens with zero attached hydrogens (tertiary/aromatic N) is 1. The third-order valence-electron chi connectivity index (χ3n) is 3.60. The smallest absolute Gasteiger partial charge is 0.410 e. The number of hydrogen-bond donors (Lipinski definition) is 1. The molecule has 22 heavy (non-hydrogen) atoms. The molecule has 0 saturated carbocycles. The van der Waals surface area contributed by atoms with Crippen LogP contribution < -0.4 is 0 Å². The van der Waals surface area contributed by atoms with Crippen molar-refractivity contribution >= 4 is 12.1 Å². The Labute approximate surface area is 129 Å². The number of rotatable bonds is 6. The molecule has 0 aliphatic carbocycles. The van der Waals surface area contributed by atoms with Crippen molar-refractivity contribution in [3.63, 3.8) is 0 Å². The molecule has 1 atom stereocenters. The van der Waals surface area contributed by atoms with E-state index in [4.69, 9.17) is 14.6 Å². The van der Waals surface area contributed by atoms with Crippen LogP contribution in [0.25, 0.3) is 0 Å². The first-order valence-electron chi connectivity index (χ1n) is 7.43. The summed E-state index contributed by atoms with van der Waals surface area (Å²) in [7, 11) is 0. The first-order chi connectivity index (χ1) is 10.7. The van der Waals surface area contributed by atoms with E-state index in [0.717, 1.165) is 24.8 Å². The van der Waals surface area contributed by atoms with Gasteiger partial charge in [-0.1, -0.05) is 30.3 Å². The molecule has 1 amide bonds. The summed E-state index contributed by atoms with van der Waals surface area (Å²) in [6.07, 6.45) is 2.37. The highest BCUT2D eigenvalue weighted by atomic mass is 16.6. The van der Waals surface area contributed by atoms with Crippen LogP contribution in [0.4, 0.5) is 4.79 Å². The topological polar surface area (TPSA) is 76.1 Å². The van der Waals surface area contributed by atoms with E-state index in [9.17, 15) is 9.59 Å². The van der Waals surface area contributed by atoms with Gasteiger partial charge in [0.25, 0.3) is 0 Å². The summed E-state index contributed by atoms with van der Waals surface area (Å²) in [5, 5.41) is 8.60. The van der Waals surface area contributed by atoms with E-state index in [1.54, 1.807) is 4.90 Å². The van der Waals surface area contributed by atoms with Crippen LogP contribution in [-0.2, 0) is 20.9 Å². The van der Waals surface area contributed by atoms with E-state index in [2.05, 4.69) is 0 Å². The molecule has 1 aliphatic heterocycles. The molecule has 1 N–H and O–H groups in total. The van der Waals surface area contributed by atoms with Crippen LogP contribution in [0.2, 0.25) is 0 Å². The van der Waals surface area contributed by atoms with Gasteiger partial charge in [-0.3, -0.25) is 0 Å². The molecule has 0 bridgehead atoms. The molecule has 6 nitrogen and oxygen atoms in total. The second-order valence-corrected chi connectivity index (χ2v) is 5.29. The SMILES string of the molecule is O=C(O)COCC1CCCCN1C(=O)OCc1ccccc1. The number of carbonyl (C=O) groups excluding carboxylic acids is 1. The van der Waals surface area contributed by atoms with E-state index >= 15 is 0 Å². The molecule has 1 fully saturated rings. The standard InChI is InChI=1S/C16H21NO5/c18-15(19)12-21-11-14-8-4-5-9-17(14)16(20)22-10-13-6-2-1-3-7-13/h1-3,6-7,14H,4-5,8-12H2,(H,18,19). The fourth-order valence-corrected chi connectivity index (χ4v) is 2.50. The quantitative estimate of drug-likeness (QED) is 0.872. The summed E-state index contributed by atoms with van der Waals surface area (Å²) in [5.74, 6) is -1.01. The van der Waals surface area contributed by atoms with Crippen molar-refractivity contribution < 1.29 is 24.2 Å². The maximum atomic E-state index is 12.2. The maximum Gasteiger partial charge on any atom is 0.410 e. The predicted octanol–water partition coefficient (Wildman–Crippen LogP) is 2.28. The van der Waals surface area contributed by atoms with Crippen molar-refractivity contribution in [2.24, 2.45) is 0 Å². The van der Waals surface area contributed by atoms with Crippen LogP contribution in [0.15, 0.2) is 30.3 Å². The molecule has 0 radical (unpaired) electrons. The normalized spacial score (nSPS) is 18.0. The van der Waals surface area contributed by atoms with Gasteiger partial charge >= 0.3 is 12.1 Å². The highest BCUT2D eigenvalue weighted by molar-refractivity contribution is 5.68. The zero-order valence-corrected chi connectivity index (χ0v) is 12.4. The number of likely N-dealkylation sites (tertiary alicyclic amines) is 1. The van der Waals surface area contributed by atoms with E-state index in [1.807, 2.05) is 30.3 Å². The number of ether oxygens (including phenoxy) is 2. The van der Waals surface area contributed by atoms with Gasteiger partial charge in [-0.25, -0.2) is 9.59 Å². The number of amides is 1. The Kier molecular flexibility index (Phi) is 6.21. The summed E-state index contributed by atoms with van der Waals surface area (Å²) >= 11 is 0. The Morgan fingerprint density at radius 3 is 2.73 bits per heavy atom. The van der Waals surface area contributed by atoms with Gasteiger partial charge in [-0.05, 0) is 24.8 Å². The van der Waals surface area contributed by atoms with E-state index in [-0.39, 0.29) is 32.0 Å². The molecule has 1 heterocycles. The van der Waals surface area contributed by atoms with Crippen LogP contribution in [0.1, 0.15) is 24.8 Å². The Bertz CT molecular complexity index is 491. The van der Waals surface area contributed by atoms with Crippen molar-refractivity contribution in [1.29, 1.82) is 0 Å². The molecule has 1 unspecified atom stereocenters. The number of carboxylic acids is 1. The lowest BCUT2D eigenvalue weighted by atomic mass is 10.0. The molecule has 1 saturated heterocycles. The number of piperidine rings is 1. The Balaban J connectivity index is 1.83. The summed E-state index contributed by atoms with van der Waals surface area (Å²) in [6.45, 7) is 0.740. The lowest BCUT2D eigenvalue weighted by Gasteiger charge is -2.34. The molecule has 2 rings (SSSR count). The van der Waals surface area contributed by atoms with E-state index < -0.39 is 5.97 Å². The van der Waals surface area contributed by atoms with Crippen LogP contribution in [0.3, 0.4) is 0 Å². The number of carbonyl (C=O) groups is 2. The fraction of sp³-hybridized carbons (Fsp3) is 0.500. The van der Waals surface area contributed by atoms with E-state index in [1.165, 1.54) is 0 Å². The lowest BCUT2D eigenvalue weighted by Crippen LogP contribution is -2.46. The molecular weight excluding hydrogens is 286 g/mol. The van der Waals surface area contributed by atoms with Gasteiger partial charge in [0.2, 0.25) is 0 Å². The number of benzene rings is 1. The fourth-order valence-electron chi connectivity index (χ4n) is 2.50. The summed E-state index contributed by atoms with van der Waals surface area (Å²) in [5.41, 5.74) is 0.937. The molecule has 0 spiro atoms. The zero-order chi connectivity index (χ0) is 15.8. The van der Waals surface area contributed by atoms with Crippen LogP contribution in [0.5, 0.6) is 0 Å². The minimum atomic E-state index is -1.01. The van der Waals surface area contributed by atoms with Crippen molar-refractivity contribution in [2.45, 2.75) is 31.9 Å². The molecular formula is C16H21NO5. The Hall–Kier alpha value is -2.08. The monoisotopic (exact) mass is 307 g/mol. The number of carboxylic acid groups (broad SMARTS) is 1. The maximum absolute atomic E-state index is 12.2. The molecule has 1 aromatic carbocycles. The molecule has 6 heteroatoms.